The van der Waals surface area contributed by atoms with Gasteiger partial charge in [-0.3, -0.25) is 0 Å². The van der Waals surface area contributed by atoms with Crippen LogP contribution in [-0.2, 0) is 16.0 Å². The Hall–Kier alpha value is -1.88. The Morgan fingerprint density at radius 1 is 1.19 bits per heavy atom. The molecule has 1 saturated heterocycles. The van der Waals surface area contributed by atoms with E-state index in [0.29, 0.717) is 0 Å². The van der Waals surface area contributed by atoms with Gasteiger partial charge in [0.15, 0.2) is 0 Å². The van der Waals surface area contributed by atoms with Gasteiger partial charge in [-0.2, -0.15) is 0 Å². The van der Waals surface area contributed by atoms with Crippen LogP contribution in [0.4, 0.5) is 0 Å². The lowest BCUT2D eigenvalue weighted by Gasteiger charge is -1.94. The third-order valence-electron chi connectivity index (χ3n) is 2.00. The average Bonchev–Trinajstić information content (AvgIpc) is 3.04. The molecule has 5 nitrogen and oxygen atoms in total. The molecular weight excluding hydrogens is 210 g/mol. The number of hydrogen-bond donors (Lipinski definition) is 3. The van der Waals surface area contributed by atoms with Crippen molar-refractivity contribution < 1.29 is 19.8 Å². The molecule has 0 spiro atoms. The van der Waals surface area contributed by atoms with Crippen LogP contribution >= 0.6 is 0 Å². The van der Waals surface area contributed by atoms with Gasteiger partial charge >= 0.3 is 11.9 Å². The first-order valence-corrected chi connectivity index (χ1v) is 4.83. The Kier molecular flexibility index (Phi) is 4.47. The standard InChI is InChI=1S/C9H11N.C2H2O4/c1-2-4-8(5-3-1)6-9-7-10-9;3-1(4)2(5)6/h1-5,9-10H,6-7H2;(H,3,4)(H,5,6). The number of carbonyl (C=O) groups is 2. The molecule has 2 rings (SSSR count). The van der Waals surface area contributed by atoms with Gasteiger partial charge in [-0.05, 0) is 12.0 Å². The van der Waals surface area contributed by atoms with Crippen molar-refractivity contribution in [2.45, 2.75) is 12.5 Å². The summed E-state index contributed by atoms with van der Waals surface area (Å²) < 4.78 is 0. The summed E-state index contributed by atoms with van der Waals surface area (Å²) in [5, 5.41) is 18.1. The van der Waals surface area contributed by atoms with E-state index >= 15 is 0 Å². The fraction of sp³-hybridized carbons (Fsp3) is 0.273. The highest BCUT2D eigenvalue weighted by Crippen LogP contribution is 2.07. The highest BCUT2D eigenvalue weighted by molar-refractivity contribution is 6.27. The summed E-state index contributed by atoms with van der Waals surface area (Å²) in [4.78, 5) is 18.2. The van der Waals surface area contributed by atoms with E-state index in [1.807, 2.05) is 0 Å². The first-order valence-electron chi connectivity index (χ1n) is 4.83. The van der Waals surface area contributed by atoms with Crippen molar-refractivity contribution in [3.05, 3.63) is 35.9 Å². The SMILES string of the molecule is O=C(O)C(=O)O.c1ccc(CC2CN2)cc1. The van der Waals surface area contributed by atoms with E-state index < -0.39 is 11.9 Å². The molecule has 16 heavy (non-hydrogen) atoms. The summed E-state index contributed by atoms with van der Waals surface area (Å²) >= 11 is 0. The van der Waals surface area contributed by atoms with E-state index in [1.54, 1.807) is 0 Å². The van der Waals surface area contributed by atoms with Gasteiger partial charge in [0.25, 0.3) is 0 Å². The van der Waals surface area contributed by atoms with Crippen LogP contribution in [0, 0.1) is 0 Å². The molecule has 5 heteroatoms. The second kappa shape index (κ2) is 5.87. The number of hydrogen-bond acceptors (Lipinski definition) is 3. The number of carboxylic acids is 2. The van der Waals surface area contributed by atoms with E-state index in [2.05, 4.69) is 35.6 Å². The summed E-state index contributed by atoms with van der Waals surface area (Å²) in [6.45, 7) is 1.20. The van der Waals surface area contributed by atoms with Crippen LogP contribution < -0.4 is 5.32 Å². The van der Waals surface area contributed by atoms with Gasteiger partial charge in [0.2, 0.25) is 0 Å². The molecule has 1 aromatic rings. The molecule has 1 atom stereocenters. The van der Waals surface area contributed by atoms with Crippen molar-refractivity contribution in [1.82, 2.24) is 5.32 Å². The van der Waals surface area contributed by atoms with Crippen LogP contribution in [0.15, 0.2) is 30.3 Å². The van der Waals surface area contributed by atoms with E-state index in [9.17, 15) is 0 Å². The number of aliphatic carboxylic acids is 2. The van der Waals surface area contributed by atoms with Crippen molar-refractivity contribution in [2.24, 2.45) is 0 Å². The number of nitrogens with one attached hydrogen (secondary N) is 1. The van der Waals surface area contributed by atoms with Crippen LogP contribution in [0.2, 0.25) is 0 Å². The monoisotopic (exact) mass is 223 g/mol. The molecule has 1 aliphatic rings. The van der Waals surface area contributed by atoms with Crippen molar-refractivity contribution in [3.8, 4) is 0 Å². The van der Waals surface area contributed by atoms with Gasteiger partial charge in [-0.1, -0.05) is 30.3 Å². The number of benzene rings is 1. The van der Waals surface area contributed by atoms with Crippen LogP contribution in [0.3, 0.4) is 0 Å². The predicted molar refractivity (Wildman–Crippen MR) is 57.2 cm³/mol. The Labute approximate surface area is 92.7 Å². The lowest BCUT2D eigenvalue weighted by Crippen LogP contribution is -2.09. The van der Waals surface area contributed by atoms with Crippen LogP contribution in [-0.4, -0.2) is 34.7 Å². The molecule has 3 N–H and O–H groups in total. The Morgan fingerprint density at radius 3 is 2.06 bits per heavy atom. The van der Waals surface area contributed by atoms with E-state index in [-0.39, 0.29) is 0 Å². The van der Waals surface area contributed by atoms with E-state index in [0.717, 1.165) is 6.04 Å². The minimum atomic E-state index is -1.82. The molecule has 1 heterocycles. The Bertz CT molecular complexity index is 348. The van der Waals surface area contributed by atoms with Gasteiger partial charge in [0.1, 0.15) is 0 Å². The van der Waals surface area contributed by atoms with Crippen molar-refractivity contribution >= 4 is 11.9 Å². The Balaban J connectivity index is 0.000000187. The summed E-state index contributed by atoms with van der Waals surface area (Å²) in [5.41, 5.74) is 1.44. The third kappa shape index (κ3) is 5.11. The lowest BCUT2D eigenvalue weighted by molar-refractivity contribution is -0.159. The minimum Gasteiger partial charge on any atom is -0.473 e. The highest BCUT2D eigenvalue weighted by atomic mass is 16.4. The summed E-state index contributed by atoms with van der Waals surface area (Å²) in [5.74, 6) is -3.65. The second-order valence-corrected chi connectivity index (χ2v) is 3.41. The zero-order chi connectivity index (χ0) is 12.0. The molecule has 0 saturated carbocycles. The quantitative estimate of drug-likeness (QED) is 0.496. The van der Waals surface area contributed by atoms with Gasteiger partial charge < -0.3 is 15.5 Å². The zero-order valence-corrected chi connectivity index (χ0v) is 8.59. The number of rotatable bonds is 2. The van der Waals surface area contributed by atoms with Crippen LogP contribution in [0.1, 0.15) is 5.56 Å². The fourth-order valence-electron chi connectivity index (χ4n) is 1.13. The van der Waals surface area contributed by atoms with Crippen LogP contribution in [0.25, 0.3) is 0 Å². The van der Waals surface area contributed by atoms with Crippen LogP contribution in [0.5, 0.6) is 0 Å². The first-order chi connectivity index (χ1) is 7.59. The Morgan fingerprint density at radius 2 is 1.69 bits per heavy atom. The molecule has 0 amide bonds. The normalized spacial score (nSPS) is 16.9. The van der Waals surface area contributed by atoms with Gasteiger partial charge in [0, 0.05) is 12.6 Å². The van der Waals surface area contributed by atoms with E-state index in [1.165, 1.54) is 18.5 Å². The zero-order valence-electron chi connectivity index (χ0n) is 8.59. The summed E-state index contributed by atoms with van der Waals surface area (Å²) in [7, 11) is 0. The molecule has 1 aliphatic heterocycles. The highest BCUT2D eigenvalue weighted by Gasteiger charge is 2.19. The van der Waals surface area contributed by atoms with E-state index in [4.69, 9.17) is 19.8 Å². The van der Waals surface area contributed by atoms with Crippen molar-refractivity contribution in [3.63, 3.8) is 0 Å². The second-order valence-electron chi connectivity index (χ2n) is 3.41. The molecular formula is C11H13NO4. The maximum absolute atomic E-state index is 9.10. The third-order valence-corrected chi connectivity index (χ3v) is 2.00. The number of carboxylic acid groups (broad SMARTS) is 2. The molecule has 1 unspecified atom stereocenters. The lowest BCUT2D eigenvalue weighted by atomic mass is 10.1. The molecule has 0 bridgehead atoms. The summed E-state index contributed by atoms with van der Waals surface area (Å²) in [6, 6.07) is 11.4. The largest absolute Gasteiger partial charge is 0.473 e. The molecule has 0 aliphatic carbocycles. The van der Waals surface area contributed by atoms with Crippen molar-refractivity contribution in [2.75, 3.05) is 6.54 Å². The smallest absolute Gasteiger partial charge is 0.414 e. The molecule has 1 fully saturated rings. The van der Waals surface area contributed by atoms with Gasteiger partial charge in [0.05, 0.1) is 0 Å². The molecule has 0 radical (unpaired) electrons. The average molecular weight is 223 g/mol. The molecule has 86 valence electrons. The fourth-order valence-corrected chi connectivity index (χ4v) is 1.13. The first kappa shape index (κ1) is 12.2. The predicted octanol–water partition coefficient (Wildman–Crippen LogP) is 0.356. The molecule has 0 aromatic heterocycles. The summed E-state index contributed by atoms with van der Waals surface area (Å²) in [6.07, 6.45) is 1.20. The van der Waals surface area contributed by atoms with Gasteiger partial charge in [-0.15, -0.1) is 0 Å². The topological polar surface area (TPSA) is 96.5 Å². The maximum atomic E-state index is 9.10. The van der Waals surface area contributed by atoms with Gasteiger partial charge in [-0.25, -0.2) is 9.59 Å². The maximum Gasteiger partial charge on any atom is 0.414 e. The minimum absolute atomic E-state index is 0.766. The van der Waals surface area contributed by atoms with Crippen molar-refractivity contribution in [1.29, 1.82) is 0 Å². The molecule has 1 aromatic carbocycles.